The smallest absolute Gasteiger partial charge is 0.278 e. The number of anilines is 1. The molecule has 1 N–H and O–H groups in total. The van der Waals surface area contributed by atoms with E-state index in [4.69, 9.17) is 0 Å². The average Bonchev–Trinajstić information content (AvgIpc) is 2.92. The van der Waals surface area contributed by atoms with Crippen molar-refractivity contribution in [2.75, 3.05) is 5.32 Å². The molecular weight excluding hydrogens is 356 g/mol. The molecule has 3 aromatic rings. The van der Waals surface area contributed by atoms with E-state index in [0.29, 0.717) is 12.2 Å². The molecule has 0 aliphatic heterocycles. The summed E-state index contributed by atoms with van der Waals surface area (Å²) in [6.07, 6.45) is 0. The summed E-state index contributed by atoms with van der Waals surface area (Å²) in [6, 6.07) is 17.3. The second kappa shape index (κ2) is 6.75. The predicted molar refractivity (Wildman–Crippen MR) is 92.4 cm³/mol. The zero-order valence-corrected chi connectivity index (χ0v) is 14.1. The molecule has 1 aromatic heterocycles. The summed E-state index contributed by atoms with van der Waals surface area (Å²) in [4.78, 5) is 12.3. The van der Waals surface area contributed by atoms with Gasteiger partial charge in [-0.15, -0.1) is 5.10 Å². The first-order valence-corrected chi connectivity index (χ1v) is 7.94. The van der Waals surface area contributed by atoms with Crippen LogP contribution in [-0.4, -0.2) is 20.9 Å². The number of benzene rings is 2. The minimum absolute atomic E-state index is 0.260. The summed E-state index contributed by atoms with van der Waals surface area (Å²) < 4.78 is 2.69. The van der Waals surface area contributed by atoms with Crippen LogP contribution in [0.3, 0.4) is 0 Å². The molecule has 0 bridgehead atoms. The van der Waals surface area contributed by atoms with Crippen LogP contribution in [0.5, 0.6) is 0 Å². The lowest BCUT2D eigenvalue weighted by Gasteiger charge is -2.05. The predicted octanol–water partition coefficient (Wildman–Crippen LogP) is 3.65. The van der Waals surface area contributed by atoms with E-state index in [1.165, 1.54) is 0 Å². The molecule has 0 saturated carbocycles. The number of carbonyl (C=O) groups excluding carboxylic acids is 1. The summed E-state index contributed by atoms with van der Waals surface area (Å²) in [6.45, 7) is 2.44. The van der Waals surface area contributed by atoms with Gasteiger partial charge in [-0.2, -0.15) is 0 Å². The topological polar surface area (TPSA) is 59.8 Å². The summed E-state index contributed by atoms with van der Waals surface area (Å²) >= 11 is 3.36. The van der Waals surface area contributed by atoms with Crippen LogP contribution >= 0.6 is 15.9 Å². The van der Waals surface area contributed by atoms with Crippen LogP contribution < -0.4 is 5.32 Å². The lowest BCUT2D eigenvalue weighted by atomic mass is 10.2. The molecule has 1 heterocycles. The Hall–Kier alpha value is -2.47. The molecule has 0 aliphatic carbocycles. The quantitative estimate of drug-likeness (QED) is 0.762. The van der Waals surface area contributed by atoms with Crippen molar-refractivity contribution < 1.29 is 4.79 Å². The van der Waals surface area contributed by atoms with Gasteiger partial charge in [0.05, 0.1) is 12.2 Å². The van der Waals surface area contributed by atoms with Crippen molar-refractivity contribution in [3.63, 3.8) is 0 Å². The van der Waals surface area contributed by atoms with Crippen molar-refractivity contribution >= 4 is 27.5 Å². The van der Waals surface area contributed by atoms with E-state index in [1.54, 1.807) is 4.68 Å². The summed E-state index contributed by atoms with van der Waals surface area (Å²) in [5.74, 6) is -0.260. The number of rotatable bonds is 4. The molecule has 0 spiro atoms. The second-order valence-corrected chi connectivity index (χ2v) is 6.04. The highest BCUT2D eigenvalue weighted by atomic mass is 79.9. The molecule has 0 atom stereocenters. The molecule has 23 heavy (non-hydrogen) atoms. The summed E-state index contributed by atoms with van der Waals surface area (Å²) in [5, 5.41) is 10.9. The Morgan fingerprint density at radius 1 is 1.13 bits per heavy atom. The maximum Gasteiger partial charge on any atom is 0.278 e. The molecule has 0 unspecified atom stereocenters. The molecule has 0 radical (unpaired) electrons. The Kier molecular flexibility index (Phi) is 4.52. The highest BCUT2D eigenvalue weighted by Gasteiger charge is 2.16. The highest BCUT2D eigenvalue weighted by molar-refractivity contribution is 9.10. The van der Waals surface area contributed by atoms with Crippen molar-refractivity contribution in [2.45, 2.75) is 13.5 Å². The Balaban J connectivity index is 1.75. The third-order valence-electron chi connectivity index (χ3n) is 3.47. The van der Waals surface area contributed by atoms with Crippen LogP contribution in [0, 0.1) is 6.92 Å². The van der Waals surface area contributed by atoms with E-state index < -0.39 is 0 Å². The Bertz CT molecular complexity index is 812. The zero-order chi connectivity index (χ0) is 16.2. The maximum atomic E-state index is 12.3. The van der Waals surface area contributed by atoms with Gasteiger partial charge in [0.25, 0.3) is 5.91 Å². The third-order valence-corrected chi connectivity index (χ3v) is 4.00. The van der Waals surface area contributed by atoms with Crippen molar-refractivity contribution in [1.29, 1.82) is 0 Å². The largest absolute Gasteiger partial charge is 0.321 e. The van der Waals surface area contributed by atoms with Gasteiger partial charge in [-0.25, -0.2) is 4.68 Å². The van der Waals surface area contributed by atoms with E-state index in [9.17, 15) is 4.79 Å². The molecule has 0 saturated heterocycles. The number of aromatic nitrogens is 3. The fourth-order valence-electron chi connectivity index (χ4n) is 2.20. The number of hydrogen-bond acceptors (Lipinski definition) is 3. The Morgan fingerprint density at radius 2 is 1.83 bits per heavy atom. The van der Waals surface area contributed by atoms with Crippen LogP contribution in [-0.2, 0) is 6.54 Å². The van der Waals surface area contributed by atoms with Crippen LogP contribution in [0.2, 0.25) is 0 Å². The number of nitrogens with one attached hydrogen (secondary N) is 1. The molecule has 6 heteroatoms. The second-order valence-electron chi connectivity index (χ2n) is 5.13. The number of amides is 1. The molecule has 1 amide bonds. The van der Waals surface area contributed by atoms with Gasteiger partial charge in [0.15, 0.2) is 5.69 Å². The lowest BCUT2D eigenvalue weighted by Crippen LogP contribution is -2.14. The monoisotopic (exact) mass is 370 g/mol. The van der Waals surface area contributed by atoms with E-state index in [2.05, 4.69) is 31.6 Å². The van der Waals surface area contributed by atoms with Gasteiger partial charge in [-0.05, 0) is 36.8 Å². The fourth-order valence-corrected chi connectivity index (χ4v) is 2.46. The highest BCUT2D eigenvalue weighted by Crippen LogP contribution is 2.15. The minimum atomic E-state index is -0.260. The van der Waals surface area contributed by atoms with E-state index in [0.717, 1.165) is 21.4 Å². The maximum absolute atomic E-state index is 12.3. The van der Waals surface area contributed by atoms with Crippen LogP contribution in [0.4, 0.5) is 5.69 Å². The summed E-state index contributed by atoms with van der Waals surface area (Å²) in [7, 11) is 0. The lowest BCUT2D eigenvalue weighted by molar-refractivity contribution is 0.102. The van der Waals surface area contributed by atoms with Gasteiger partial charge in [-0.1, -0.05) is 51.5 Å². The van der Waals surface area contributed by atoms with Crippen LogP contribution in [0.1, 0.15) is 21.7 Å². The number of hydrogen-bond donors (Lipinski definition) is 1. The molecular formula is C17H15BrN4O. The van der Waals surface area contributed by atoms with Crippen molar-refractivity contribution in [3.05, 3.63) is 76.0 Å². The average molecular weight is 371 g/mol. The Morgan fingerprint density at radius 3 is 2.52 bits per heavy atom. The first-order chi connectivity index (χ1) is 11.1. The van der Waals surface area contributed by atoms with Gasteiger partial charge in [0.1, 0.15) is 0 Å². The first kappa shape index (κ1) is 15.4. The molecule has 0 fully saturated rings. The van der Waals surface area contributed by atoms with E-state index in [-0.39, 0.29) is 5.91 Å². The summed E-state index contributed by atoms with van der Waals surface area (Å²) in [5.41, 5.74) is 2.91. The van der Waals surface area contributed by atoms with Crippen molar-refractivity contribution in [1.82, 2.24) is 15.0 Å². The Labute approximate surface area is 142 Å². The third kappa shape index (κ3) is 3.65. The van der Waals surface area contributed by atoms with Gasteiger partial charge in [-0.3, -0.25) is 4.79 Å². The van der Waals surface area contributed by atoms with E-state index >= 15 is 0 Å². The molecule has 116 valence electrons. The molecule has 2 aromatic carbocycles. The normalized spacial score (nSPS) is 10.5. The molecule has 0 aliphatic rings. The zero-order valence-electron chi connectivity index (χ0n) is 12.5. The van der Waals surface area contributed by atoms with E-state index in [1.807, 2.05) is 61.5 Å². The van der Waals surface area contributed by atoms with Crippen molar-refractivity contribution in [2.24, 2.45) is 0 Å². The minimum Gasteiger partial charge on any atom is -0.321 e. The van der Waals surface area contributed by atoms with Gasteiger partial charge >= 0.3 is 0 Å². The van der Waals surface area contributed by atoms with Gasteiger partial charge in [0.2, 0.25) is 0 Å². The van der Waals surface area contributed by atoms with Crippen LogP contribution in [0.25, 0.3) is 0 Å². The fraction of sp³-hybridized carbons (Fsp3) is 0.118. The first-order valence-electron chi connectivity index (χ1n) is 7.14. The standard InChI is InChI=1S/C17H15BrN4O/c1-12-16(17(23)19-15-9-7-14(18)8-10-15)20-21-22(12)11-13-5-3-2-4-6-13/h2-10H,11H2,1H3,(H,19,23). The molecule has 3 rings (SSSR count). The van der Waals surface area contributed by atoms with Crippen molar-refractivity contribution in [3.8, 4) is 0 Å². The molecule has 5 nitrogen and oxygen atoms in total. The van der Waals surface area contributed by atoms with Gasteiger partial charge in [0, 0.05) is 10.2 Å². The van der Waals surface area contributed by atoms with Crippen LogP contribution in [0.15, 0.2) is 59.1 Å². The van der Waals surface area contributed by atoms with Gasteiger partial charge < -0.3 is 5.32 Å². The number of halogens is 1. The number of carbonyl (C=O) groups is 1. The number of nitrogens with zero attached hydrogens (tertiary/aromatic N) is 3. The SMILES string of the molecule is Cc1c(C(=O)Nc2ccc(Br)cc2)nnn1Cc1ccccc1.